The first-order chi connectivity index (χ1) is 26.0. The van der Waals surface area contributed by atoms with Crippen molar-refractivity contribution in [2.75, 3.05) is 6.26 Å². The number of ether oxygens (including phenoxy) is 1. The molecule has 9 atom stereocenters. The van der Waals surface area contributed by atoms with Crippen LogP contribution in [0.4, 0.5) is 0 Å². The summed E-state index contributed by atoms with van der Waals surface area (Å²) >= 11 is 0. The molecular formula is C46H60N2O7S. The number of rotatable bonds is 4. The number of pyridine rings is 1. The molecule has 0 unspecified atom stereocenters. The molecule has 3 aromatic rings. The summed E-state index contributed by atoms with van der Waals surface area (Å²) in [6.07, 6.45) is 15.1. The second-order valence-corrected chi connectivity index (χ2v) is 21.9. The smallest absolute Gasteiger partial charge is 0.309 e. The van der Waals surface area contributed by atoms with Crippen molar-refractivity contribution >= 4 is 33.2 Å². The number of ketones is 1. The number of esters is 1. The Morgan fingerprint density at radius 1 is 0.893 bits per heavy atom. The monoisotopic (exact) mass is 784 g/mol. The van der Waals surface area contributed by atoms with Crippen molar-refractivity contribution in [3.05, 3.63) is 66.5 Å². The minimum atomic E-state index is -3.15. The van der Waals surface area contributed by atoms with E-state index < -0.39 is 21.2 Å². The molecule has 0 aliphatic heterocycles. The van der Waals surface area contributed by atoms with Gasteiger partial charge in [-0.2, -0.15) is 0 Å². The molecule has 0 radical (unpaired) electrons. The molecule has 0 spiro atoms. The zero-order valence-electron chi connectivity index (χ0n) is 34.6. The summed E-state index contributed by atoms with van der Waals surface area (Å²) in [5.41, 5.74) is 2.56. The third kappa shape index (κ3) is 6.27. The number of fused-ring (bicyclic) bond motifs is 8. The Labute approximate surface area is 332 Å². The number of carboxylic acids is 1. The van der Waals surface area contributed by atoms with E-state index in [0.717, 1.165) is 61.9 Å². The Balaban J connectivity index is 0.000000211. The molecule has 5 aliphatic rings. The molecular weight excluding hydrogens is 725 g/mol. The molecule has 10 heteroatoms. The van der Waals surface area contributed by atoms with Crippen molar-refractivity contribution in [1.82, 2.24) is 9.38 Å². The molecule has 56 heavy (non-hydrogen) atoms. The van der Waals surface area contributed by atoms with Gasteiger partial charge in [0.25, 0.3) is 0 Å². The zero-order chi connectivity index (χ0) is 40.9. The summed E-state index contributed by atoms with van der Waals surface area (Å²) in [5.74, 6) is -0.280. The van der Waals surface area contributed by atoms with Gasteiger partial charge in [0, 0.05) is 42.5 Å². The van der Waals surface area contributed by atoms with Crippen LogP contribution < -0.4 is 0 Å². The van der Waals surface area contributed by atoms with Gasteiger partial charge < -0.3 is 14.2 Å². The average Bonchev–Trinajstić information content (AvgIpc) is 3.56. The van der Waals surface area contributed by atoms with Crippen LogP contribution in [0.2, 0.25) is 0 Å². The SMILES string of the molecule is CC(=O)O[C@H]1CC[C@]2(C)[C@H]3C(=O)C=C4[C@@H]5C[C@@](C)(C(=O)O)CC[C@]5(C)CC[C@@]4(C)[C@]3(C)CC[C@H]2C1(C)C.CS(=O)(=O)c1ccc(-c2cn3ccccc3n2)cc1. The van der Waals surface area contributed by atoms with Crippen LogP contribution in [-0.2, 0) is 29.0 Å². The van der Waals surface area contributed by atoms with Gasteiger partial charge in [-0.3, -0.25) is 14.4 Å². The number of hydrogen-bond acceptors (Lipinski definition) is 7. The first-order valence-electron chi connectivity index (χ1n) is 20.4. The van der Waals surface area contributed by atoms with Crippen LogP contribution >= 0.6 is 0 Å². The van der Waals surface area contributed by atoms with E-state index in [1.54, 1.807) is 24.3 Å². The van der Waals surface area contributed by atoms with Crippen LogP contribution in [0, 0.1) is 50.2 Å². The topological polar surface area (TPSA) is 132 Å². The first kappa shape index (κ1) is 40.4. The van der Waals surface area contributed by atoms with E-state index in [4.69, 9.17) is 4.74 Å². The van der Waals surface area contributed by atoms with Gasteiger partial charge in [0.05, 0.1) is 16.0 Å². The van der Waals surface area contributed by atoms with E-state index in [-0.39, 0.29) is 56.8 Å². The van der Waals surface area contributed by atoms with E-state index in [2.05, 4.69) is 46.5 Å². The largest absolute Gasteiger partial charge is 0.481 e. The molecule has 2 aromatic heterocycles. The number of nitrogens with zero attached hydrogens (tertiary/aromatic N) is 2. The van der Waals surface area contributed by atoms with Gasteiger partial charge in [0.2, 0.25) is 0 Å². The summed E-state index contributed by atoms with van der Waals surface area (Å²) in [5, 5.41) is 10.1. The number of hydrogen-bond donors (Lipinski definition) is 1. The van der Waals surface area contributed by atoms with Crippen molar-refractivity contribution in [2.45, 2.75) is 124 Å². The van der Waals surface area contributed by atoms with E-state index in [1.165, 1.54) is 18.8 Å². The predicted molar refractivity (Wildman–Crippen MR) is 216 cm³/mol. The maximum atomic E-state index is 14.4. The molecule has 302 valence electrons. The molecule has 0 bridgehead atoms. The van der Waals surface area contributed by atoms with Gasteiger partial charge in [-0.05, 0) is 129 Å². The van der Waals surface area contributed by atoms with Crippen molar-refractivity contribution in [1.29, 1.82) is 0 Å². The number of benzene rings is 1. The van der Waals surface area contributed by atoms with Crippen molar-refractivity contribution in [3.8, 4) is 11.3 Å². The predicted octanol–water partition coefficient (Wildman–Crippen LogP) is 9.39. The minimum absolute atomic E-state index is 0.0644. The number of carboxylic acid groups (broad SMARTS) is 1. The molecule has 1 aromatic carbocycles. The highest BCUT2D eigenvalue weighted by Crippen LogP contribution is 2.75. The summed E-state index contributed by atoms with van der Waals surface area (Å²) in [6, 6.07) is 12.6. The Kier molecular flexibility index (Phi) is 9.66. The first-order valence-corrected chi connectivity index (χ1v) is 22.3. The Bertz CT molecular complexity index is 2190. The van der Waals surface area contributed by atoms with Crippen molar-refractivity contribution in [2.24, 2.45) is 50.2 Å². The fourth-order valence-electron chi connectivity index (χ4n) is 12.7. The van der Waals surface area contributed by atoms with Crippen LogP contribution in [0.25, 0.3) is 16.9 Å². The van der Waals surface area contributed by atoms with Crippen LogP contribution in [0.5, 0.6) is 0 Å². The maximum absolute atomic E-state index is 14.4. The minimum Gasteiger partial charge on any atom is -0.481 e. The number of aromatic nitrogens is 2. The zero-order valence-corrected chi connectivity index (χ0v) is 35.5. The molecule has 0 saturated heterocycles. The van der Waals surface area contributed by atoms with Gasteiger partial charge in [-0.1, -0.05) is 65.3 Å². The van der Waals surface area contributed by atoms with Crippen molar-refractivity contribution < 1.29 is 32.6 Å². The Hall–Kier alpha value is -3.79. The van der Waals surface area contributed by atoms with Gasteiger partial charge >= 0.3 is 11.9 Å². The number of carbonyl (C=O) groups excluding carboxylic acids is 2. The number of carbonyl (C=O) groups is 3. The maximum Gasteiger partial charge on any atom is 0.309 e. The average molecular weight is 785 g/mol. The highest BCUT2D eigenvalue weighted by Gasteiger charge is 2.70. The second-order valence-electron chi connectivity index (χ2n) is 19.9. The Morgan fingerprint density at radius 2 is 1.57 bits per heavy atom. The molecule has 0 amide bonds. The molecule has 4 saturated carbocycles. The van der Waals surface area contributed by atoms with Gasteiger partial charge in [-0.15, -0.1) is 0 Å². The highest BCUT2D eigenvalue weighted by atomic mass is 32.2. The molecule has 1 N–H and O–H groups in total. The summed E-state index contributed by atoms with van der Waals surface area (Å²) in [6.45, 7) is 17.4. The lowest BCUT2D eigenvalue weighted by molar-refractivity contribution is -0.210. The fourth-order valence-corrected chi connectivity index (χ4v) is 13.3. The summed E-state index contributed by atoms with van der Waals surface area (Å²) < 4.78 is 30.6. The number of sulfone groups is 1. The van der Waals surface area contributed by atoms with E-state index >= 15 is 0 Å². The normalized spacial score (nSPS) is 37.4. The third-order valence-corrected chi connectivity index (χ3v) is 17.4. The quantitative estimate of drug-likeness (QED) is 0.259. The second kappa shape index (κ2) is 13.4. The van der Waals surface area contributed by atoms with Crippen LogP contribution in [0.3, 0.4) is 0 Å². The molecule has 4 fully saturated rings. The number of allylic oxidation sites excluding steroid dienone is 2. The van der Waals surface area contributed by atoms with Crippen LogP contribution in [0.15, 0.2) is 71.4 Å². The van der Waals surface area contributed by atoms with Gasteiger partial charge in [-0.25, -0.2) is 13.4 Å². The van der Waals surface area contributed by atoms with E-state index in [1.807, 2.05) is 48.0 Å². The molecule has 8 rings (SSSR count). The molecule has 2 heterocycles. The lowest BCUT2D eigenvalue weighted by Crippen LogP contribution is -2.66. The van der Waals surface area contributed by atoms with E-state index in [9.17, 15) is 27.9 Å². The molecule has 9 nitrogen and oxygen atoms in total. The van der Waals surface area contributed by atoms with Crippen molar-refractivity contribution in [3.63, 3.8) is 0 Å². The number of imidazole rings is 1. The summed E-state index contributed by atoms with van der Waals surface area (Å²) in [4.78, 5) is 43.3. The lowest BCUT2D eigenvalue weighted by atomic mass is 9.33. The van der Waals surface area contributed by atoms with E-state index in [0.29, 0.717) is 23.7 Å². The van der Waals surface area contributed by atoms with Crippen LogP contribution in [-0.4, -0.2) is 53.0 Å². The number of aliphatic carboxylic acids is 1. The van der Waals surface area contributed by atoms with Gasteiger partial charge in [0.1, 0.15) is 11.8 Å². The standard InChI is InChI=1S/C32H48O5.C14H12N2O2S/c1-19(33)37-24-10-11-30(6)23(27(24,2)3)9-12-32(8)25(30)22(34)17-20-21-18-29(5,26(35)36)14-13-28(21,4)15-16-31(20,32)7;1-19(17,18)12-7-5-11(6-8-12)13-10-16-9-3-2-4-14(16)15-13/h17,21,23-25H,9-16,18H2,1-8H3,(H,35,36);2-10H,1H3/t21-,23-,24-,25+,28+,29-,30-,31+,32+;/m0./s1. The fraction of sp³-hybridized carbons (Fsp3) is 0.609. The highest BCUT2D eigenvalue weighted by molar-refractivity contribution is 7.90. The van der Waals surface area contributed by atoms with Gasteiger partial charge in [0.15, 0.2) is 15.6 Å². The third-order valence-electron chi connectivity index (χ3n) is 16.3. The summed E-state index contributed by atoms with van der Waals surface area (Å²) in [7, 11) is -3.15. The Morgan fingerprint density at radius 3 is 2.20 bits per heavy atom. The van der Waals surface area contributed by atoms with Crippen LogP contribution in [0.1, 0.15) is 113 Å². The molecule has 5 aliphatic carbocycles. The lowest BCUT2D eigenvalue weighted by Gasteiger charge is -2.70.